The van der Waals surface area contributed by atoms with Crippen molar-refractivity contribution in [2.75, 3.05) is 0 Å². The average molecular weight is 160 g/mol. The van der Waals surface area contributed by atoms with E-state index in [1.165, 1.54) is 11.1 Å². The molecule has 0 bridgehead atoms. The van der Waals surface area contributed by atoms with Crippen molar-refractivity contribution in [1.82, 2.24) is 5.32 Å². The van der Waals surface area contributed by atoms with E-state index in [9.17, 15) is 4.79 Å². The molecule has 1 aliphatic rings. The van der Waals surface area contributed by atoms with Gasteiger partial charge in [-0.2, -0.15) is 0 Å². The molecule has 12 heavy (non-hydrogen) atoms. The zero-order valence-electron chi connectivity index (χ0n) is 6.71. The zero-order chi connectivity index (χ0) is 8.39. The van der Waals surface area contributed by atoms with Gasteiger partial charge < -0.3 is 5.32 Å². The number of benzene rings is 1. The van der Waals surface area contributed by atoms with Crippen LogP contribution in [0, 0.1) is 0 Å². The van der Waals surface area contributed by atoms with E-state index >= 15 is 0 Å². The van der Waals surface area contributed by atoms with Crippen molar-refractivity contribution in [2.45, 2.75) is 19.0 Å². The molecule has 61 valence electrons. The van der Waals surface area contributed by atoms with Crippen LogP contribution < -0.4 is 5.32 Å². The van der Waals surface area contributed by atoms with Crippen LogP contribution in [-0.2, 0) is 17.8 Å². The maximum Gasteiger partial charge on any atom is 0.217 e. The van der Waals surface area contributed by atoms with Crippen LogP contribution in [0.5, 0.6) is 0 Å². The van der Waals surface area contributed by atoms with Crippen LogP contribution >= 0.6 is 0 Å². The summed E-state index contributed by atoms with van der Waals surface area (Å²) >= 11 is 0. The molecule has 0 spiro atoms. The number of fused-ring (bicyclic) bond motifs is 1. The summed E-state index contributed by atoms with van der Waals surface area (Å²) in [5.41, 5.74) is 2.56. The quantitative estimate of drug-likeness (QED) is 0.658. The first-order valence-electron chi connectivity index (χ1n) is 4.08. The molecule has 2 heteroatoms. The summed E-state index contributed by atoms with van der Waals surface area (Å²) in [7, 11) is 0. The topological polar surface area (TPSA) is 29.1 Å². The van der Waals surface area contributed by atoms with Gasteiger partial charge in [-0.25, -0.2) is 0 Å². The van der Waals surface area contributed by atoms with Crippen LogP contribution in [0.1, 0.15) is 11.1 Å². The van der Waals surface area contributed by atoms with Gasteiger partial charge in [-0.05, 0) is 17.5 Å². The Morgan fingerprint density at radius 3 is 2.83 bits per heavy atom. The molecule has 1 N–H and O–H groups in total. The molecule has 0 aromatic heterocycles. The zero-order valence-corrected chi connectivity index (χ0v) is 6.71. The van der Waals surface area contributed by atoms with Crippen molar-refractivity contribution in [2.24, 2.45) is 0 Å². The summed E-state index contributed by atoms with van der Waals surface area (Å²) in [4.78, 5) is 10.4. The third-order valence-corrected chi connectivity index (χ3v) is 2.22. The first kappa shape index (κ1) is 7.50. The van der Waals surface area contributed by atoms with Crippen molar-refractivity contribution in [3.8, 4) is 0 Å². The second kappa shape index (κ2) is 3.07. The third kappa shape index (κ3) is 1.25. The number of hydrogen-bond donors (Lipinski definition) is 1. The molecule has 1 radical (unpaired) electrons. The van der Waals surface area contributed by atoms with Gasteiger partial charge in [0.25, 0.3) is 0 Å². The highest BCUT2D eigenvalue weighted by atomic mass is 16.1. The molecule has 0 unspecified atom stereocenters. The van der Waals surface area contributed by atoms with Crippen molar-refractivity contribution in [3.63, 3.8) is 0 Å². The molecule has 0 saturated carbocycles. The Morgan fingerprint density at radius 2 is 2.08 bits per heavy atom. The second-order valence-corrected chi connectivity index (χ2v) is 3.02. The third-order valence-electron chi connectivity index (χ3n) is 2.22. The molecular weight excluding hydrogens is 150 g/mol. The predicted octanol–water partition coefficient (Wildman–Crippen LogP) is 0.811. The van der Waals surface area contributed by atoms with Gasteiger partial charge in [0.2, 0.25) is 6.29 Å². The Labute approximate surface area is 71.6 Å². The first-order valence-corrected chi connectivity index (χ1v) is 4.08. The molecule has 1 atom stereocenters. The van der Waals surface area contributed by atoms with Gasteiger partial charge in [0.05, 0.1) is 6.04 Å². The minimum absolute atomic E-state index is 0.111. The summed E-state index contributed by atoms with van der Waals surface area (Å²) in [6.45, 7) is 0.788. The fraction of sp³-hybridized carbons (Fsp3) is 0.300. The molecule has 0 aliphatic carbocycles. The SMILES string of the molecule is O=[C][C@@H]1Cc2ccccc2CN1. The molecule has 2 rings (SSSR count). The van der Waals surface area contributed by atoms with E-state index < -0.39 is 0 Å². The summed E-state index contributed by atoms with van der Waals surface area (Å²) < 4.78 is 0. The highest BCUT2D eigenvalue weighted by Crippen LogP contribution is 2.14. The lowest BCUT2D eigenvalue weighted by Gasteiger charge is -2.20. The van der Waals surface area contributed by atoms with E-state index in [-0.39, 0.29) is 6.04 Å². The molecule has 1 aliphatic heterocycles. The minimum Gasteiger partial charge on any atom is -0.303 e. The monoisotopic (exact) mass is 160 g/mol. The molecule has 1 aromatic carbocycles. The van der Waals surface area contributed by atoms with E-state index in [0.29, 0.717) is 0 Å². The standard InChI is InChI=1S/C10H10NO/c12-7-10-5-8-3-1-2-4-9(8)6-11-10/h1-4,10-11H,5-6H2/t10-/m0/s1. The second-order valence-electron chi connectivity index (χ2n) is 3.02. The van der Waals surface area contributed by atoms with Crippen molar-refractivity contribution < 1.29 is 4.79 Å². The highest BCUT2D eigenvalue weighted by molar-refractivity contribution is 5.60. The van der Waals surface area contributed by atoms with Gasteiger partial charge in [-0.1, -0.05) is 24.3 Å². The van der Waals surface area contributed by atoms with Gasteiger partial charge in [0.1, 0.15) is 0 Å². The number of hydrogen-bond acceptors (Lipinski definition) is 2. The summed E-state index contributed by atoms with van der Waals surface area (Å²) in [6, 6.07) is 8.07. The maximum atomic E-state index is 10.4. The van der Waals surface area contributed by atoms with Crippen molar-refractivity contribution >= 4 is 6.29 Å². The molecule has 0 fully saturated rings. The fourth-order valence-electron chi connectivity index (χ4n) is 1.54. The predicted molar refractivity (Wildman–Crippen MR) is 46.5 cm³/mol. The lowest BCUT2D eigenvalue weighted by molar-refractivity contribution is 0.500. The maximum absolute atomic E-state index is 10.4. The van der Waals surface area contributed by atoms with Crippen LogP contribution in [0.25, 0.3) is 0 Å². The molecule has 1 heterocycles. The normalized spacial score (nSPS) is 21.5. The molecule has 0 saturated heterocycles. The van der Waals surface area contributed by atoms with Crippen molar-refractivity contribution in [1.29, 1.82) is 0 Å². The van der Waals surface area contributed by atoms with Gasteiger partial charge >= 0.3 is 0 Å². The first-order chi connectivity index (χ1) is 5.90. The van der Waals surface area contributed by atoms with Gasteiger partial charge in [-0.3, -0.25) is 4.79 Å². The van der Waals surface area contributed by atoms with Crippen LogP contribution in [0.3, 0.4) is 0 Å². The van der Waals surface area contributed by atoms with Gasteiger partial charge in [0, 0.05) is 6.54 Å². The Morgan fingerprint density at radius 1 is 1.33 bits per heavy atom. The number of rotatable bonds is 1. The smallest absolute Gasteiger partial charge is 0.217 e. The largest absolute Gasteiger partial charge is 0.303 e. The number of nitrogens with one attached hydrogen (secondary N) is 1. The van der Waals surface area contributed by atoms with Crippen molar-refractivity contribution in [3.05, 3.63) is 35.4 Å². The fourth-order valence-corrected chi connectivity index (χ4v) is 1.54. The molecular formula is C10H10NO. The summed E-state index contributed by atoms with van der Waals surface area (Å²) in [6.07, 6.45) is 2.76. The van der Waals surface area contributed by atoms with E-state index in [1.807, 2.05) is 18.4 Å². The lowest BCUT2D eigenvalue weighted by Crippen LogP contribution is -2.36. The van der Waals surface area contributed by atoms with Crippen LogP contribution in [-0.4, -0.2) is 12.3 Å². The van der Waals surface area contributed by atoms with E-state index in [0.717, 1.165) is 13.0 Å². The highest BCUT2D eigenvalue weighted by Gasteiger charge is 2.16. The lowest BCUT2D eigenvalue weighted by atomic mass is 9.97. The van der Waals surface area contributed by atoms with Gasteiger partial charge in [0.15, 0.2) is 0 Å². The van der Waals surface area contributed by atoms with Crippen LogP contribution in [0.4, 0.5) is 0 Å². The molecule has 2 nitrogen and oxygen atoms in total. The molecule has 1 aromatic rings. The number of carbonyl (C=O) groups excluding carboxylic acids is 1. The minimum atomic E-state index is -0.111. The van der Waals surface area contributed by atoms with E-state index in [4.69, 9.17) is 0 Å². The summed E-state index contributed by atoms with van der Waals surface area (Å²) in [5, 5.41) is 3.10. The van der Waals surface area contributed by atoms with Crippen LogP contribution in [0.2, 0.25) is 0 Å². The molecule has 0 amide bonds. The Kier molecular flexibility index (Phi) is 1.92. The summed E-state index contributed by atoms with van der Waals surface area (Å²) in [5.74, 6) is 0. The van der Waals surface area contributed by atoms with Gasteiger partial charge in [-0.15, -0.1) is 0 Å². The van der Waals surface area contributed by atoms with Crippen LogP contribution in [0.15, 0.2) is 24.3 Å². The Balaban J connectivity index is 2.28. The van der Waals surface area contributed by atoms with E-state index in [1.54, 1.807) is 0 Å². The Hall–Kier alpha value is -1.15. The van der Waals surface area contributed by atoms with E-state index in [2.05, 4.69) is 17.4 Å². The Bertz CT molecular complexity index is 296. The average Bonchev–Trinajstić information content (AvgIpc) is 2.17.